The number of alkyl halides is 6. The van der Waals surface area contributed by atoms with Crippen LogP contribution in [0.2, 0.25) is 0 Å². The molecule has 0 N–H and O–H groups in total. The number of ether oxygens (including phenoxy) is 1. The molecule has 1 heterocycles. The Morgan fingerprint density at radius 1 is 1.20 bits per heavy atom. The van der Waals surface area contributed by atoms with Crippen molar-refractivity contribution >= 4 is 5.78 Å². The van der Waals surface area contributed by atoms with E-state index >= 15 is 0 Å². The van der Waals surface area contributed by atoms with Crippen molar-refractivity contribution in [1.82, 2.24) is 4.98 Å². The van der Waals surface area contributed by atoms with Gasteiger partial charge in [-0.15, -0.1) is 0 Å². The topological polar surface area (TPSA) is 39.2 Å². The van der Waals surface area contributed by atoms with Crippen LogP contribution in [0, 0.1) is 0 Å². The Kier molecular flexibility index (Phi) is 5.09. The van der Waals surface area contributed by atoms with Gasteiger partial charge in [-0.3, -0.25) is 9.78 Å². The molecule has 3 nitrogen and oxygen atoms in total. The van der Waals surface area contributed by atoms with Gasteiger partial charge >= 0.3 is 12.4 Å². The van der Waals surface area contributed by atoms with Gasteiger partial charge in [-0.05, 0) is 6.07 Å². The highest BCUT2D eigenvalue weighted by Gasteiger charge is 2.35. The molecule has 112 valence electrons. The predicted octanol–water partition coefficient (Wildman–Crippen LogP) is 3.25. The zero-order valence-electron chi connectivity index (χ0n) is 9.88. The van der Waals surface area contributed by atoms with Crippen molar-refractivity contribution in [3.05, 3.63) is 29.6 Å². The van der Waals surface area contributed by atoms with E-state index in [1.165, 1.54) is 0 Å². The molecule has 0 aliphatic heterocycles. The SMILES string of the molecule is O=C(CCOCC(F)(F)F)c1cnccc1C(F)(F)F. The number of halogens is 6. The fourth-order valence-corrected chi connectivity index (χ4v) is 1.35. The van der Waals surface area contributed by atoms with Gasteiger partial charge in [-0.1, -0.05) is 0 Å². The molecule has 0 aromatic carbocycles. The highest BCUT2D eigenvalue weighted by molar-refractivity contribution is 5.97. The van der Waals surface area contributed by atoms with Gasteiger partial charge in [-0.2, -0.15) is 26.3 Å². The molecule has 0 aliphatic carbocycles. The minimum Gasteiger partial charge on any atom is -0.372 e. The number of ketones is 1. The maximum absolute atomic E-state index is 12.6. The maximum atomic E-state index is 12.6. The molecule has 1 aromatic heterocycles. The normalized spacial score (nSPS) is 12.5. The standard InChI is InChI=1S/C11H9F6NO2/c12-10(13,14)6-20-4-2-9(19)7-5-18-3-1-8(7)11(15,16)17/h1,3,5H,2,4,6H2. The average molecular weight is 301 g/mol. The second kappa shape index (κ2) is 6.21. The van der Waals surface area contributed by atoms with E-state index in [1.54, 1.807) is 0 Å². The number of rotatable bonds is 5. The van der Waals surface area contributed by atoms with Gasteiger partial charge in [0.1, 0.15) is 6.61 Å². The number of carbonyl (C=O) groups is 1. The molecule has 0 atom stereocenters. The van der Waals surface area contributed by atoms with Crippen molar-refractivity contribution in [2.45, 2.75) is 18.8 Å². The van der Waals surface area contributed by atoms with Gasteiger partial charge in [0, 0.05) is 24.4 Å². The third-order valence-corrected chi connectivity index (χ3v) is 2.17. The highest BCUT2D eigenvalue weighted by atomic mass is 19.4. The number of nitrogens with zero attached hydrogens (tertiary/aromatic N) is 1. The van der Waals surface area contributed by atoms with Gasteiger partial charge in [0.15, 0.2) is 5.78 Å². The Hall–Kier alpha value is -1.64. The van der Waals surface area contributed by atoms with E-state index in [0.717, 1.165) is 12.4 Å². The van der Waals surface area contributed by atoms with E-state index in [9.17, 15) is 31.1 Å². The van der Waals surface area contributed by atoms with E-state index in [-0.39, 0.29) is 0 Å². The average Bonchev–Trinajstić information content (AvgIpc) is 2.32. The zero-order chi connectivity index (χ0) is 15.4. The maximum Gasteiger partial charge on any atom is 0.417 e. The number of carbonyl (C=O) groups excluding carboxylic acids is 1. The molecule has 0 radical (unpaired) electrons. The third kappa shape index (κ3) is 5.16. The Labute approximate surface area is 109 Å². The summed E-state index contributed by atoms with van der Waals surface area (Å²) >= 11 is 0. The second-order valence-corrected chi connectivity index (χ2v) is 3.76. The minimum absolute atomic E-state index is 0.592. The molecule has 0 aliphatic rings. The summed E-state index contributed by atoms with van der Waals surface area (Å²) in [6, 6.07) is 0.629. The van der Waals surface area contributed by atoms with E-state index in [2.05, 4.69) is 9.72 Å². The first-order chi connectivity index (χ1) is 9.11. The van der Waals surface area contributed by atoms with Crippen LogP contribution in [0.5, 0.6) is 0 Å². The minimum atomic E-state index is -4.74. The lowest BCUT2D eigenvalue weighted by Crippen LogP contribution is -2.19. The first-order valence-corrected chi connectivity index (χ1v) is 5.30. The van der Waals surface area contributed by atoms with Crippen LogP contribution < -0.4 is 0 Å². The molecule has 9 heteroatoms. The lowest BCUT2D eigenvalue weighted by Gasteiger charge is -2.11. The summed E-state index contributed by atoms with van der Waals surface area (Å²) in [4.78, 5) is 14.9. The summed E-state index contributed by atoms with van der Waals surface area (Å²) in [5.41, 5.74) is -1.86. The van der Waals surface area contributed by atoms with Crippen LogP contribution in [0.3, 0.4) is 0 Å². The number of hydrogen-bond acceptors (Lipinski definition) is 3. The Bertz CT molecular complexity index is 469. The number of Topliss-reactive ketones (excluding diaryl/α,β-unsaturated/α-hetero) is 1. The smallest absolute Gasteiger partial charge is 0.372 e. The summed E-state index contributed by atoms with van der Waals surface area (Å²) in [5, 5.41) is 0. The predicted molar refractivity (Wildman–Crippen MR) is 55.1 cm³/mol. The quantitative estimate of drug-likeness (QED) is 0.476. The largest absolute Gasteiger partial charge is 0.417 e. The van der Waals surface area contributed by atoms with Gasteiger partial charge < -0.3 is 4.74 Å². The van der Waals surface area contributed by atoms with Crippen molar-refractivity contribution in [1.29, 1.82) is 0 Å². The Balaban J connectivity index is 2.65. The van der Waals surface area contributed by atoms with Crippen molar-refractivity contribution in [3.63, 3.8) is 0 Å². The summed E-state index contributed by atoms with van der Waals surface area (Å²) in [6.45, 7) is -2.18. The van der Waals surface area contributed by atoms with Crippen molar-refractivity contribution in [2.24, 2.45) is 0 Å². The molecule has 0 saturated carbocycles. The van der Waals surface area contributed by atoms with Crippen LogP contribution in [0.1, 0.15) is 22.3 Å². The van der Waals surface area contributed by atoms with Crippen LogP contribution in [0.25, 0.3) is 0 Å². The molecular weight excluding hydrogens is 292 g/mol. The van der Waals surface area contributed by atoms with Gasteiger partial charge in [0.2, 0.25) is 0 Å². The summed E-state index contributed by atoms with van der Waals surface area (Å²) < 4.78 is 77.2. The third-order valence-electron chi connectivity index (χ3n) is 2.17. The fourth-order valence-electron chi connectivity index (χ4n) is 1.35. The molecule has 1 aromatic rings. The summed E-state index contributed by atoms with van der Waals surface area (Å²) in [7, 11) is 0. The molecule has 0 fully saturated rings. The Morgan fingerprint density at radius 3 is 2.40 bits per heavy atom. The van der Waals surface area contributed by atoms with Crippen LogP contribution in [-0.4, -0.2) is 30.2 Å². The van der Waals surface area contributed by atoms with E-state index in [1.807, 2.05) is 0 Å². The molecular formula is C11H9F6NO2. The van der Waals surface area contributed by atoms with Gasteiger partial charge in [-0.25, -0.2) is 0 Å². The first kappa shape index (κ1) is 16.4. The molecule has 0 saturated heterocycles. The van der Waals surface area contributed by atoms with Crippen molar-refractivity contribution in [3.8, 4) is 0 Å². The lowest BCUT2D eigenvalue weighted by atomic mass is 10.0. The lowest BCUT2D eigenvalue weighted by molar-refractivity contribution is -0.173. The molecule has 0 spiro atoms. The zero-order valence-corrected chi connectivity index (χ0v) is 9.88. The van der Waals surface area contributed by atoms with E-state index in [0.29, 0.717) is 6.07 Å². The fraction of sp³-hybridized carbons (Fsp3) is 0.455. The molecule has 0 amide bonds. The highest BCUT2D eigenvalue weighted by Crippen LogP contribution is 2.31. The van der Waals surface area contributed by atoms with Crippen molar-refractivity contribution in [2.75, 3.05) is 13.2 Å². The Morgan fingerprint density at radius 2 is 1.85 bits per heavy atom. The first-order valence-electron chi connectivity index (χ1n) is 5.30. The van der Waals surface area contributed by atoms with Crippen molar-refractivity contribution < 1.29 is 35.9 Å². The number of hydrogen-bond donors (Lipinski definition) is 0. The second-order valence-electron chi connectivity index (χ2n) is 3.76. The molecule has 0 bridgehead atoms. The van der Waals surface area contributed by atoms with E-state index in [4.69, 9.17) is 0 Å². The summed E-state index contributed by atoms with van der Waals surface area (Å²) in [6.07, 6.45) is -8.27. The van der Waals surface area contributed by atoms with Crippen LogP contribution >= 0.6 is 0 Å². The van der Waals surface area contributed by atoms with Gasteiger partial charge in [0.05, 0.1) is 12.2 Å². The number of pyridine rings is 1. The monoisotopic (exact) mass is 301 g/mol. The molecule has 0 unspecified atom stereocenters. The van der Waals surface area contributed by atoms with Crippen LogP contribution in [0.4, 0.5) is 26.3 Å². The summed E-state index contributed by atoms with van der Waals surface area (Å²) in [5.74, 6) is -0.979. The molecule has 20 heavy (non-hydrogen) atoms. The van der Waals surface area contributed by atoms with E-state index < -0.39 is 48.9 Å². The van der Waals surface area contributed by atoms with Crippen LogP contribution in [-0.2, 0) is 10.9 Å². The van der Waals surface area contributed by atoms with Crippen LogP contribution in [0.15, 0.2) is 18.5 Å². The van der Waals surface area contributed by atoms with Gasteiger partial charge in [0.25, 0.3) is 0 Å². The number of aromatic nitrogens is 1. The molecule has 1 rings (SSSR count).